The highest BCUT2D eigenvalue weighted by molar-refractivity contribution is 5.92. The van der Waals surface area contributed by atoms with Crippen LogP contribution < -0.4 is 9.47 Å². The topological polar surface area (TPSA) is 76.0 Å². The number of aryl methyl sites for hydroxylation is 1. The standard InChI is InChI=1S/C15H18O5/c1-5-10(15(17)18)7-12(16)11-6-9(2)14(20-4)13(8-11)19-3/h5-8,16H,1-4H3,(H,17,18)/b10-5+,12-7+. The summed E-state index contributed by atoms with van der Waals surface area (Å²) in [5.74, 6) is -0.200. The minimum atomic E-state index is -1.10. The van der Waals surface area contributed by atoms with Gasteiger partial charge in [-0.05, 0) is 37.6 Å². The first-order chi connectivity index (χ1) is 9.44. The molecule has 0 spiro atoms. The Labute approximate surface area is 117 Å². The van der Waals surface area contributed by atoms with Crippen LogP contribution in [-0.2, 0) is 4.79 Å². The average molecular weight is 278 g/mol. The molecule has 0 heterocycles. The second-order valence-corrected chi connectivity index (χ2v) is 4.11. The third-order valence-corrected chi connectivity index (χ3v) is 2.81. The number of allylic oxidation sites excluding steroid dienone is 1. The van der Waals surface area contributed by atoms with Gasteiger partial charge in [0.2, 0.25) is 0 Å². The van der Waals surface area contributed by atoms with Crippen molar-refractivity contribution in [2.24, 2.45) is 0 Å². The van der Waals surface area contributed by atoms with E-state index in [0.29, 0.717) is 17.1 Å². The molecule has 5 nitrogen and oxygen atoms in total. The molecule has 0 radical (unpaired) electrons. The number of methoxy groups -OCH3 is 2. The van der Waals surface area contributed by atoms with Crippen molar-refractivity contribution < 1.29 is 24.5 Å². The molecule has 0 saturated heterocycles. The molecule has 108 valence electrons. The van der Waals surface area contributed by atoms with E-state index in [2.05, 4.69) is 0 Å². The monoisotopic (exact) mass is 278 g/mol. The summed E-state index contributed by atoms with van der Waals surface area (Å²) in [5.41, 5.74) is 1.25. The first kappa shape index (κ1) is 15.6. The maximum absolute atomic E-state index is 10.9. The lowest BCUT2D eigenvalue weighted by Gasteiger charge is -2.12. The van der Waals surface area contributed by atoms with Gasteiger partial charge in [0.05, 0.1) is 19.8 Å². The van der Waals surface area contributed by atoms with Crippen LogP contribution >= 0.6 is 0 Å². The van der Waals surface area contributed by atoms with Gasteiger partial charge in [0.15, 0.2) is 11.5 Å². The summed E-state index contributed by atoms with van der Waals surface area (Å²) in [6.45, 7) is 3.40. The first-order valence-electron chi connectivity index (χ1n) is 5.97. The minimum Gasteiger partial charge on any atom is -0.507 e. The summed E-state index contributed by atoms with van der Waals surface area (Å²) in [7, 11) is 3.03. The largest absolute Gasteiger partial charge is 0.507 e. The van der Waals surface area contributed by atoms with Gasteiger partial charge >= 0.3 is 5.97 Å². The number of aliphatic hydroxyl groups excluding tert-OH is 1. The van der Waals surface area contributed by atoms with E-state index in [1.807, 2.05) is 6.92 Å². The molecule has 0 amide bonds. The molecule has 2 N–H and O–H groups in total. The van der Waals surface area contributed by atoms with Gasteiger partial charge in [0, 0.05) is 5.56 Å². The molecule has 1 rings (SSSR count). The van der Waals surface area contributed by atoms with Crippen molar-refractivity contribution in [1.82, 2.24) is 0 Å². The fourth-order valence-corrected chi connectivity index (χ4v) is 1.80. The summed E-state index contributed by atoms with van der Waals surface area (Å²) in [5, 5.41) is 19.0. The van der Waals surface area contributed by atoms with Gasteiger partial charge in [-0.25, -0.2) is 4.79 Å². The molecule has 0 fully saturated rings. The lowest BCUT2D eigenvalue weighted by molar-refractivity contribution is -0.132. The Morgan fingerprint density at radius 2 is 1.85 bits per heavy atom. The van der Waals surface area contributed by atoms with Crippen LogP contribution in [0.15, 0.2) is 29.9 Å². The van der Waals surface area contributed by atoms with Gasteiger partial charge in [-0.1, -0.05) is 6.08 Å². The van der Waals surface area contributed by atoms with Gasteiger partial charge in [0.25, 0.3) is 0 Å². The molecule has 0 aromatic heterocycles. The Bertz CT molecular complexity index is 570. The second-order valence-electron chi connectivity index (χ2n) is 4.11. The van der Waals surface area contributed by atoms with Crippen molar-refractivity contribution in [2.45, 2.75) is 13.8 Å². The molecular weight excluding hydrogens is 260 g/mol. The van der Waals surface area contributed by atoms with E-state index in [0.717, 1.165) is 5.56 Å². The van der Waals surface area contributed by atoms with Gasteiger partial charge in [-0.3, -0.25) is 0 Å². The van der Waals surface area contributed by atoms with Gasteiger partial charge in [-0.2, -0.15) is 0 Å². The fraction of sp³-hybridized carbons (Fsp3) is 0.267. The summed E-state index contributed by atoms with van der Waals surface area (Å²) in [4.78, 5) is 10.9. The van der Waals surface area contributed by atoms with E-state index in [1.165, 1.54) is 26.4 Å². The van der Waals surface area contributed by atoms with Crippen molar-refractivity contribution in [1.29, 1.82) is 0 Å². The summed E-state index contributed by atoms with van der Waals surface area (Å²) >= 11 is 0. The van der Waals surface area contributed by atoms with Crippen LogP contribution in [0.5, 0.6) is 11.5 Å². The Hall–Kier alpha value is -2.43. The van der Waals surface area contributed by atoms with Crippen molar-refractivity contribution in [3.05, 3.63) is 41.0 Å². The molecule has 5 heteroatoms. The van der Waals surface area contributed by atoms with Crippen LogP contribution in [0.3, 0.4) is 0 Å². The normalized spacial score (nSPS) is 12.2. The molecular formula is C15H18O5. The minimum absolute atomic E-state index is 0.00920. The second kappa shape index (κ2) is 6.65. The first-order valence-corrected chi connectivity index (χ1v) is 5.97. The zero-order chi connectivity index (χ0) is 15.3. The number of hydrogen-bond donors (Lipinski definition) is 2. The van der Waals surface area contributed by atoms with Crippen LogP contribution in [0.2, 0.25) is 0 Å². The predicted octanol–water partition coefficient (Wildman–Crippen LogP) is 2.94. The van der Waals surface area contributed by atoms with E-state index in [4.69, 9.17) is 14.6 Å². The van der Waals surface area contributed by atoms with Crippen LogP contribution in [0.4, 0.5) is 0 Å². The van der Waals surface area contributed by atoms with Gasteiger partial charge in [-0.15, -0.1) is 0 Å². The number of aliphatic hydroxyl groups is 1. The van der Waals surface area contributed by atoms with Gasteiger partial charge < -0.3 is 19.7 Å². The molecule has 0 bridgehead atoms. The number of benzene rings is 1. The molecule has 1 aromatic rings. The van der Waals surface area contributed by atoms with Crippen molar-refractivity contribution in [2.75, 3.05) is 14.2 Å². The van der Waals surface area contributed by atoms with Crippen LogP contribution in [0.25, 0.3) is 5.76 Å². The van der Waals surface area contributed by atoms with E-state index in [-0.39, 0.29) is 11.3 Å². The third-order valence-electron chi connectivity index (χ3n) is 2.81. The molecule has 0 aliphatic heterocycles. The van der Waals surface area contributed by atoms with Crippen molar-refractivity contribution in [3.8, 4) is 11.5 Å². The molecule has 0 aliphatic carbocycles. The van der Waals surface area contributed by atoms with Gasteiger partial charge in [0.1, 0.15) is 5.76 Å². The van der Waals surface area contributed by atoms with E-state index in [1.54, 1.807) is 19.1 Å². The molecule has 0 atom stereocenters. The lowest BCUT2D eigenvalue weighted by Crippen LogP contribution is -1.99. The van der Waals surface area contributed by atoms with Crippen molar-refractivity contribution in [3.63, 3.8) is 0 Å². The molecule has 0 saturated carbocycles. The SMILES string of the molecule is C/C=C(\C=C(\O)c1cc(C)c(OC)c(OC)c1)C(=O)O. The van der Waals surface area contributed by atoms with Crippen LogP contribution in [-0.4, -0.2) is 30.4 Å². The maximum Gasteiger partial charge on any atom is 0.335 e. The number of ether oxygens (including phenoxy) is 2. The third kappa shape index (κ3) is 3.32. The zero-order valence-electron chi connectivity index (χ0n) is 11.9. The predicted molar refractivity (Wildman–Crippen MR) is 76.3 cm³/mol. The number of carboxylic acids is 1. The number of carboxylic acid groups (broad SMARTS) is 1. The lowest BCUT2D eigenvalue weighted by atomic mass is 10.1. The molecule has 0 aliphatic rings. The van der Waals surface area contributed by atoms with Crippen molar-refractivity contribution >= 4 is 11.7 Å². The van der Waals surface area contributed by atoms with E-state index >= 15 is 0 Å². The van der Waals surface area contributed by atoms with E-state index in [9.17, 15) is 9.90 Å². The smallest absolute Gasteiger partial charge is 0.335 e. The molecule has 0 unspecified atom stereocenters. The highest BCUT2D eigenvalue weighted by Gasteiger charge is 2.12. The number of rotatable bonds is 5. The molecule has 20 heavy (non-hydrogen) atoms. The van der Waals surface area contributed by atoms with Crippen LogP contribution in [0.1, 0.15) is 18.1 Å². The Morgan fingerprint density at radius 3 is 2.30 bits per heavy atom. The number of hydrogen-bond acceptors (Lipinski definition) is 4. The summed E-state index contributed by atoms with van der Waals surface area (Å²) in [6.07, 6.45) is 2.61. The maximum atomic E-state index is 10.9. The Balaban J connectivity index is 3.30. The molecule has 1 aromatic carbocycles. The number of carbonyl (C=O) groups is 1. The van der Waals surface area contributed by atoms with E-state index < -0.39 is 5.97 Å². The Kier molecular flexibility index (Phi) is 5.20. The average Bonchev–Trinajstić information content (AvgIpc) is 2.42. The summed E-state index contributed by atoms with van der Waals surface area (Å²) in [6, 6.07) is 3.29. The number of aliphatic carboxylic acids is 1. The van der Waals surface area contributed by atoms with Crippen LogP contribution in [0, 0.1) is 6.92 Å². The Morgan fingerprint density at radius 1 is 1.20 bits per heavy atom. The fourth-order valence-electron chi connectivity index (χ4n) is 1.80. The quantitative estimate of drug-likeness (QED) is 0.492. The summed E-state index contributed by atoms with van der Waals surface area (Å²) < 4.78 is 10.4. The highest BCUT2D eigenvalue weighted by Crippen LogP contribution is 2.33. The zero-order valence-corrected chi connectivity index (χ0v) is 11.9. The highest BCUT2D eigenvalue weighted by atomic mass is 16.5.